The van der Waals surface area contributed by atoms with Gasteiger partial charge in [-0.05, 0) is 58.6 Å². The van der Waals surface area contributed by atoms with Crippen molar-refractivity contribution in [2.45, 2.75) is 27.3 Å². The molecule has 0 N–H and O–H groups in total. The van der Waals surface area contributed by atoms with E-state index in [1.165, 1.54) is 11.4 Å². The number of rotatable bonds is 5. The van der Waals surface area contributed by atoms with Gasteiger partial charge in [-0.25, -0.2) is 4.98 Å². The summed E-state index contributed by atoms with van der Waals surface area (Å²) in [6.45, 7) is 8.08. The fraction of sp³-hybridized carbons (Fsp3) is 0.350. The van der Waals surface area contributed by atoms with Gasteiger partial charge in [0.2, 0.25) is 0 Å². The number of hydrogen-bond donors (Lipinski definition) is 0. The van der Waals surface area contributed by atoms with Gasteiger partial charge in [0.15, 0.2) is 5.13 Å². The second-order valence-corrected chi connectivity index (χ2v) is 8.20. The lowest BCUT2D eigenvalue weighted by molar-refractivity contribution is 0.374. The summed E-state index contributed by atoms with van der Waals surface area (Å²) in [7, 11) is 4.15. The highest BCUT2D eigenvalue weighted by Crippen LogP contribution is 2.30. The number of likely N-dealkylation sites (N-methyl/N-ethyl adjacent to an activating group) is 1. The molecular weight excluding hydrogens is 356 g/mol. The van der Waals surface area contributed by atoms with Gasteiger partial charge in [0.25, 0.3) is 0 Å². The summed E-state index contributed by atoms with van der Waals surface area (Å²) in [5.41, 5.74) is 6.50. The van der Waals surface area contributed by atoms with Gasteiger partial charge >= 0.3 is 0 Å². The van der Waals surface area contributed by atoms with E-state index in [2.05, 4.69) is 67.6 Å². The molecule has 6 nitrogen and oxygen atoms in total. The van der Waals surface area contributed by atoms with E-state index in [1.807, 2.05) is 17.1 Å². The first-order valence-electron chi connectivity index (χ1n) is 9.03. The Balaban J connectivity index is 1.76. The van der Waals surface area contributed by atoms with E-state index in [0.717, 1.165) is 45.4 Å². The van der Waals surface area contributed by atoms with Crippen molar-refractivity contribution in [2.75, 3.05) is 20.6 Å². The number of hydrogen-bond acceptors (Lipinski definition) is 5. The predicted octanol–water partition coefficient (Wildman–Crippen LogP) is 3.83. The van der Waals surface area contributed by atoms with Gasteiger partial charge in [0.05, 0.1) is 35.0 Å². The SMILES string of the molecule is Cc1cnn(CCN(C)C)c1-c1cc2sc(-n3c(C)ccc3C)nc2cn1. The Morgan fingerprint density at radius 2 is 1.81 bits per heavy atom. The van der Waals surface area contributed by atoms with Crippen LogP contribution < -0.4 is 0 Å². The average Bonchev–Trinajstić information content (AvgIpc) is 3.29. The molecule has 0 radical (unpaired) electrons. The van der Waals surface area contributed by atoms with Gasteiger partial charge in [-0.2, -0.15) is 5.10 Å². The Bertz CT molecular complexity index is 1080. The lowest BCUT2D eigenvalue weighted by Crippen LogP contribution is -2.19. The molecule has 0 aliphatic rings. The first-order chi connectivity index (χ1) is 12.9. The Kier molecular flexibility index (Phi) is 4.57. The summed E-state index contributed by atoms with van der Waals surface area (Å²) >= 11 is 1.70. The van der Waals surface area contributed by atoms with Crippen LogP contribution in [-0.2, 0) is 6.54 Å². The molecule has 4 aromatic rings. The van der Waals surface area contributed by atoms with E-state index in [4.69, 9.17) is 9.97 Å². The molecule has 0 spiro atoms. The molecule has 0 fully saturated rings. The summed E-state index contributed by atoms with van der Waals surface area (Å²) in [6.07, 6.45) is 3.79. The molecule has 0 amide bonds. The zero-order valence-corrected chi connectivity index (χ0v) is 17.2. The van der Waals surface area contributed by atoms with E-state index < -0.39 is 0 Å². The van der Waals surface area contributed by atoms with Crippen molar-refractivity contribution >= 4 is 21.6 Å². The first-order valence-corrected chi connectivity index (χ1v) is 9.85. The molecule has 0 aromatic carbocycles. The minimum absolute atomic E-state index is 0.839. The van der Waals surface area contributed by atoms with Gasteiger partial charge in [-0.1, -0.05) is 11.3 Å². The van der Waals surface area contributed by atoms with Crippen LogP contribution in [0, 0.1) is 20.8 Å². The van der Waals surface area contributed by atoms with Crippen LogP contribution in [0.4, 0.5) is 0 Å². The summed E-state index contributed by atoms with van der Waals surface area (Å²) in [5.74, 6) is 0. The van der Waals surface area contributed by atoms with Crippen molar-refractivity contribution in [3.8, 4) is 16.5 Å². The van der Waals surface area contributed by atoms with Crippen LogP contribution in [0.15, 0.2) is 30.6 Å². The number of nitrogens with zero attached hydrogens (tertiary/aromatic N) is 6. The quantitative estimate of drug-likeness (QED) is 0.528. The minimum atomic E-state index is 0.839. The monoisotopic (exact) mass is 380 g/mol. The lowest BCUT2D eigenvalue weighted by atomic mass is 10.2. The Hall–Kier alpha value is -2.51. The van der Waals surface area contributed by atoms with Crippen LogP contribution in [0.1, 0.15) is 17.0 Å². The van der Waals surface area contributed by atoms with Crippen LogP contribution in [0.25, 0.3) is 26.7 Å². The van der Waals surface area contributed by atoms with Crippen molar-refractivity contribution in [1.82, 2.24) is 29.2 Å². The number of pyridine rings is 1. The third-order valence-corrected chi connectivity index (χ3v) is 5.75. The van der Waals surface area contributed by atoms with Gasteiger partial charge < -0.3 is 4.90 Å². The van der Waals surface area contributed by atoms with Crippen molar-refractivity contribution in [3.63, 3.8) is 0 Å². The molecule has 0 atom stereocenters. The van der Waals surface area contributed by atoms with Crippen LogP contribution in [0.2, 0.25) is 0 Å². The molecule has 27 heavy (non-hydrogen) atoms. The van der Waals surface area contributed by atoms with Crippen LogP contribution >= 0.6 is 11.3 Å². The van der Waals surface area contributed by atoms with E-state index in [-0.39, 0.29) is 0 Å². The fourth-order valence-corrected chi connectivity index (χ4v) is 4.39. The standard InChI is InChI=1S/C20H24N6S/c1-13-11-22-25(9-8-24(4)5)19(13)16-10-18-17(12-21-16)23-20(27-18)26-14(2)6-7-15(26)3/h6-7,10-12H,8-9H2,1-5H3. The maximum absolute atomic E-state index is 4.79. The van der Waals surface area contributed by atoms with Crippen molar-refractivity contribution in [2.24, 2.45) is 0 Å². The molecule has 0 saturated carbocycles. The van der Waals surface area contributed by atoms with Crippen molar-refractivity contribution < 1.29 is 0 Å². The molecule has 0 aliphatic heterocycles. The molecule has 0 aliphatic carbocycles. The predicted molar refractivity (Wildman–Crippen MR) is 111 cm³/mol. The summed E-state index contributed by atoms with van der Waals surface area (Å²) in [4.78, 5) is 11.7. The Morgan fingerprint density at radius 3 is 2.52 bits per heavy atom. The third kappa shape index (κ3) is 3.28. The minimum Gasteiger partial charge on any atom is -0.308 e. The third-order valence-electron chi connectivity index (χ3n) is 4.75. The smallest absolute Gasteiger partial charge is 0.195 e. The molecule has 0 bridgehead atoms. The summed E-state index contributed by atoms with van der Waals surface area (Å²) < 4.78 is 5.38. The second-order valence-electron chi connectivity index (χ2n) is 7.19. The number of thiazole rings is 1. The maximum atomic E-state index is 4.79. The van der Waals surface area contributed by atoms with Gasteiger partial charge in [0.1, 0.15) is 5.52 Å². The molecular formula is C20H24N6S. The average molecular weight is 381 g/mol. The lowest BCUT2D eigenvalue weighted by Gasteiger charge is -2.12. The largest absolute Gasteiger partial charge is 0.308 e. The van der Waals surface area contributed by atoms with Gasteiger partial charge in [0, 0.05) is 17.9 Å². The highest BCUT2D eigenvalue weighted by atomic mass is 32.1. The molecule has 7 heteroatoms. The van der Waals surface area contributed by atoms with E-state index in [9.17, 15) is 0 Å². The van der Waals surface area contributed by atoms with Gasteiger partial charge in [-0.3, -0.25) is 14.2 Å². The Labute approximate surface area is 163 Å². The molecule has 0 unspecified atom stereocenters. The normalized spacial score (nSPS) is 11.8. The molecule has 4 aromatic heterocycles. The molecule has 140 valence electrons. The van der Waals surface area contributed by atoms with Crippen molar-refractivity contribution in [3.05, 3.63) is 47.5 Å². The highest BCUT2D eigenvalue weighted by molar-refractivity contribution is 7.20. The van der Waals surface area contributed by atoms with Crippen LogP contribution in [-0.4, -0.2) is 49.9 Å². The number of fused-ring (bicyclic) bond motifs is 1. The van der Waals surface area contributed by atoms with Crippen LogP contribution in [0.3, 0.4) is 0 Å². The molecule has 4 rings (SSSR count). The first kappa shape index (κ1) is 17.9. The van der Waals surface area contributed by atoms with Gasteiger partial charge in [-0.15, -0.1) is 0 Å². The zero-order valence-electron chi connectivity index (χ0n) is 16.4. The topological polar surface area (TPSA) is 51.8 Å². The zero-order chi connectivity index (χ0) is 19.1. The Morgan fingerprint density at radius 1 is 1.07 bits per heavy atom. The van der Waals surface area contributed by atoms with E-state index in [1.54, 1.807) is 11.3 Å². The van der Waals surface area contributed by atoms with Crippen LogP contribution in [0.5, 0.6) is 0 Å². The number of aryl methyl sites for hydroxylation is 3. The second kappa shape index (κ2) is 6.90. The van der Waals surface area contributed by atoms with E-state index >= 15 is 0 Å². The molecule has 4 heterocycles. The number of aromatic nitrogens is 5. The molecule has 0 saturated heterocycles. The summed E-state index contributed by atoms with van der Waals surface area (Å²) in [5, 5.41) is 5.53. The fourth-order valence-electron chi connectivity index (χ4n) is 3.29. The van der Waals surface area contributed by atoms with E-state index in [0.29, 0.717) is 0 Å². The van der Waals surface area contributed by atoms with Crippen molar-refractivity contribution in [1.29, 1.82) is 0 Å². The maximum Gasteiger partial charge on any atom is 0.195 e. The highest BCUT2D eigenvalue weighted by Gasteiger charge is 2.15. The summed E-state index contributed by atoms with van der Waals surface area (Å²) in [6, 6.07) is 6.39.